The van der Waals surface area contributed by atoms with E-state index in [4.69, 9.17) is 0 Å². The summed E-state index contributed by atoms with van der Waals surface area (Å²) < 4.78 is 36.4. The van der Waals surface area contributed by atoms with Crippen LogP contribution in [0.15, 0.2) is 0 Å². The van der Waals surface area contributed by atoms with Gasteiger partial charge in [0.15, 0.2) is 0 Å². The van der Waals surface area contributed by atoms with Crippen LogP contribution >= 0.6 is 0 Å². The Hall–Kier alpha value is -0.330. The summed E-state index contributed by atoms with van der Waals surface area (Å²) in [6, 6.07) is 0. The highest BCUT2D eigenvalue weighted by Crippen LogP contribution is 2.17. The lowest BCUT2D eigenvalue weighted by Crippen LogP contribution is -2.49. The zero-order valence-corrected chi connectivity index (χ0v) is 9.69. The normalized spacial score (nSPS) is 20.2. The van der Waals surface area contributed by atoms with Gasteiger partial charge in [-0.05, 0) is 26.6 Å². The molecule has 0 aromatic heterocycles. The molecule has 16 heavy (non-hydrogen) atoms. The number of hydrogen-bond donors (Lipinski definition) is 1. The first-order valence-corrected chi connectivity index (χ1v) is 5.67. The summed E-state index contributed by atoms with van der Waals surface area (Å²) in [6.45, 7) is 3.72. The molecule has 0 bridgehead atoms. The van der Waals surface area contributed by atoms with E-state index in [2.05, 4.69) is 10.2 Å². The van der Waals surface area contributed by atoms with Gasteiger partial charge in [0, 0.05) is 26.2 Å². The van der Waals surface area contributed by atoms with Crippen LogP contribution in [0.3, 0.4) is 0 Å². The third-order valence-electron chi connectivity index (χ3n) is 2.77. The molecular formula is C10H20F3N3. The molecule has 0 radical (unpaired) electrons. The van der Waals surface area contributed by atoms with E-state index in [0.717, 1.165) is 32.6 Å². The van der Waals surface area contributed by atoms with Crippen LogP contribution in [0.5, 0.6) is 0 Å². The summed E-state index contributed by atoms with van der Waals surface area (Å²) in [4.78, 5) is 3.71. The highest BCUT2D eigenvalue weighted by molar-refractivity contribution is 4.73. The van der Waals surface area contributed by atoms with Crippen LogP contribution in [-0.4, -0.2) is 68.8 Å². The number of alkyl halides is 3. The van der Waals surface area contributed by atoms with E-state index >= 15 is 0 Å². The molecule has 0 aliphatic carbocycles. The van der Waals surface area contributed by atoms with Gasteiger partial charge in [-0.2, -0.15) is 13.2 Å². The van der Waals surface area contributed by atoms with Gasteiger partial charge < -0.3 is 10.2 Å². The van der Waals surface area contributed by atoms with Crippen molar-refractivity contribution in [1.29, 1.82) is 0 Å². The highest BCUT2D eigenvalue weighted by atomic mass is 19.4. The van der Waals surface area contributed by atoms with Crippen LogP contribution in [0.4, 0.5) is 13.2 Å². The molecule has 0 spiro atoms. The first-order valence-electron chi connectivity index (χ1n) is 5.67. The van der Waals surface area contributed by atoms with Gasteiger partial charge in [-0.25, -0.2) is 0 Å². The minimum atomic E-state index is -4.06. The lowest BCUT2D eigenvalue weighted by atomic mass is 10.3. The lowest BCUT2D eigenvalue weighted by molar-refractivity contribution is -0.149. The summed E-state index contributed by atoms with van der Waals surface area (Å²) >= 11 is 0. The monoisotopic (exact) mass is 239 g/mol. The van der Waals surface area contributed by atoms with E-state index < -0.39 is 12.7 Å². The van der Waals surface area contributed by atoms with Gasteiger partial charge in [0.2, 0.25) is 0 Å². The molecule has 0 atom stereocenters. The molecule has 0 aromatic carbocycles. The maximum atomic E-state index is 12.1. The summed E-state index contributed by atoms with van der Waals surface area (Å²) in [6.07, 6.45) is -3.01. The largest absolute Gasteiger partial charge is 0.401 e. The molecule has 1 fully saturated rings. The van der Waals surface area contributed by atoms with Gasteiger partial charge in [0.05, 0.1) is 6.54 Å². The predicted molar refractivity (Wildman–Crippen MR) is 57.5 cm³/mol. The Morgan fingerprint density at radius 2 is 1.62 bits per heavy atom. The van der Waals surface area contributed by atoms with Gasteiger partial charge in [-0.3, -0.25) is 4.90 Å². The van der Waals surface area contributed by atoms with Crippen molar-refractivity contribution < 1.29 is 13.2 Å². The fraction of sp³-hybridized carbons (Fsp3) is 1.00. The molecule has 1 rings (SSSR count). The van der Waals surface area contributed by atoms with Crippen molar-refractivity contribution in [2.45, 2.75) is 12.6 Å². The Morgan fingerprint density at radius 1 is 1.06 bits per heavy atom. The Morgan fingerprint density at radius 3 is 2.12 bits per heavy atom. The van der Waals surface area contributed by atoms with E-state index in [0.29, 0.717) is 13.1 Å². The first kappa shape index (κ1) is 13.7. The highest BCUT2D eigenvalue weighted by Gasteiger charge is 2.31. The van der Waals surface area contributed by atoms with Crippen LogP contribution in [0.2, 0.25) is 0 Å². The lowest BCUT2D eigenvalue weighted by Gasteiger charge is -2.34. The second kappa shape index (κ2) is 6.42. The topological polar surface area (TPSA) is 18.5 Å². The van der Waals surface area contributed by atoms with Crippen molar-refractivity contribution >= 4 is 0 Å². The van der Waals surface area contributed by atoms with E-state index in [1.54, 1.807) is 0 Å². The molecular weight excluding hydrogens is 219 g/mol. The van der Waals surface area contributed by atoms with Crippen LogP contribution in [0, 0.1) is 0 Å². The smallest absolute Gasteiger partial charge is 0.320 e. The molecule has 0 unspecified atom stereocenters. The van der Waals surface area contributed by atoms with Gasteiger partial charge in [0.25, 0.3) is 0 Å². The van der Waals surface area contributed by atoms with Crippen LogP contribution < -0.4 is 5.32 Å². The summed E-state index contributed by atoms with van der Waals surface area (Å²) in [5.74, 6) is 0. The Labute approximate surface area is 94.6 Å². The Kier molecular flexibility index (Phi) is 5.51. The molecule has 6 heteroatoms. The number of hydrogen-bond acceptors (Lipinski definition) is 3. The summed E-state index contributed by atoms with van der Waals surface area (Å²) in [7, 11) is 1.90. The van der Waals surface area contributed by atoms with Gasteiger partial charge >= 0.3 is 6.18 Å². The number of rotatable bonds is 5. The molecule has 1 heterocycles. The molecule has 0 aromatic rings. The van der Waals surface area contributed by atoms with E-state index in [9.17, 15) is 13.2 Å². The predicted octanol–water partition coefficient (Wildman–Crippen LogP) is 0.776. The fourth-order valence-electron chi connectivity index (χ4n) is 1.90. The quantitative estimate of drug-likeness (QED) is 0.715. The second-order valence-electron chi connectivity index (χ2n) is 4.19. The average molecular weight is 239 g/mol. The van der Waals surface area contributed by atoms with Crippen molar-refractivity contribution in [2.75, 3.05) is 52.9 Å². The molecule has 3 nitrogen and oxygen atoms in total. The van der Waals surface area contributed by atoms with Crippen LogP contribution in [0.1, 0.15) is 6.42 Å². The van der Waals surface area contributed by atoms with E-state index in [1.807, 2.05) is 7.05 Å². The Balaban J connectivity index is 2.13. The third-order valence-corrected chi connectivity index (χ3v) is 2.77. The maximum Gasteiger partial charge on any atom is 0.401 e. The van der Waals surface area contributed by atoms with Crippen molar-refractivity contribution in [3.05, 3.63) is 0 Å². The number of nitrogens with zero attached hydrogens (tertiary/aromatic N) is 2. The van der Waals surface area contributed by atoms with Gasteiger partial charge in [-0.15, -0.1) is 0 Å². The van der Waals surface area contributed by atoms with Crippen molar-refractivity contribution in [2.24, 2.45) is 0 Å². The minimum Gasteiger partial charge on any atom is -0.320 e. The Bertz CT molecular complexity index is 188. The molecule has 1 saturated heterocycles. The maximum absolute atomic E-state index is 12.1. The zero-order valence-electron chi connectivity index (χ0n) is 9.69. The number of nitrogens with one attached hydrogen (secondary N) is 1. The molecule has 1 N–H and O–H groups in total. The summed E-state index contributed by atoms with van der Waals surface area (Å²) in [5, 5.41) is 3.06. The zero-order chi connectivity index (χ0) is 12.0. The second-order valence-corrected chi connectivity index (χ2v) is 4.19. The van der Waals surface area contributed by atoms with Crippen molar-refractivity contribution in [3.63, 3.8) is 0 Å². The molecule has 0 amide bonds. The molecule has 0 saturated carbocycles. The van der Waals surface area contributed by atoms with Crippen LogP contribution in [-0.2, 0) is 0 Å². The van der Waals surface area contributed by atoms with E-state index in [1.165, 1.54) is 4.90 Å². The third kappa shape index (κ3) is 5.67. The van der Waals surface area contributed by atoms with E-state index in [-0.39, 0.29) is 0 Å². The molecule has 1 aliphatic heterocycles. The van der Waals surface area contributed by atoms with Gasteiger partial charge in [-0.1, -0.05) is 0 Å². The SMILES string of the molecule is CNCCCN1CCN(CC(F)(F)F)CC1. The van der Waals surface area contributed by atoms with Crippen LogP contribution in [0.25, 0.3) is 0 Å². The molecule has 1 aliphatic rings. The fourth-order valence-corrected chi connectivity index (χ4v) is 1.90. The standard InChI is InChI=1S/C10H20F3N3/c1-14-3-2-4-15-5-7-16(8-6-15)9-10(11,12)13/h14H,2-9H2,1H3. The van der Waals surface area contributed by atoms with Gasteiger partial charge in [0.1, 0.15) is 0 Å². The van der Waals surface area contributed by atoms with Crippen molar-refractivity contribution in [1.82, 2.24) is 15.1 Å². The summed E-state index contributed by atoms with van der Waals surface area (Å²) in [5.41, 5.74) is 0. The van der Waals surface area contributed by atoms with Crippen molar-refractivity contribution in [3.8, 4) is 0 Å². The average Bonchev–Trinajstić information content (AvgIpc) is 2.19. The minimum absolute atomic E-state index is 0.527. The number of halogens is 3. The first-order chi connectivity index (χ1) is 7.51. The number of piperazine rings is 1. The molecule has 96 valence electrons.